The Morgan fingerprint density at radius 1 is 1.29 bits per heavy atom. The van der Waals surface area contributed by atoms with Crippen LogP contribution in [-0.2, 0) is 9.53 Å². The zero-order valence-corrected chi connectivity index (χ0v) is 10.2. The molecule has 0 N–H and O–H groups in total. The van der Waals surface area contributed by atoms with Crippen LogP contribution in [0.15, 0.2) is 24.3 Å². The van der Waals surface area contributed by atoms with E-state index in [1.807, 2.05) is 45.0 Å². The number of hydrogen-bond donors (Lipinski definition) is 0. The second-order valence-corrected chi connectivity index (χ2v) is 5.02. The first-order chi connectivity index (χ1) is 7.95. The minimum absolute atomic E-state index is 0.194. The number of cyclic esters (lactones) is 1. The second kappa shape index (κ2) is 3.89. The largest absolute Gasteiger partial charge is 0.458 e. The van der Waals surface area contributed by atoms with Crippen molar-refractivity contribution < 1.29 is 9.53 Å². The van der Waals surface area contributed by atoms with E-state index in [0.717, 1.165) is 11.1 Å². The number of carbonyl (C=O) groups is 1. The third-order valence-electron chi connectivity index (χ3n) is 3.28. The summed E-state index contributed by atoms with van der Waals surface area (Å²) in [7, 11) is 0. The summed E-state index contributed by atoms with van der Waals surface area (Å²) >= 11 is 0. The number of carbonyl (C=O) groups excluding carboxylic acids is 1. The number of nitrogens with zero attached hydrogens (tertiary/aromatic N) is 1. The zero-order valence-electron chi connectivity index (χ0n) is 10.2. The van der Waals surface area contributed by atoms with E-state index in [1.165, 1.54) is 0 Å². The van der Waals surface area contributed by atoms with Crippen LogP contribution < -0.4 is 0 Å². The van der Waals surface area contributed by atoms with E-state index in [9.17, 15) is 4.79 Å². The molecule has 17 heavy (non-hydrogen) atoms. The zero-order chi connectivity index (χ0) is 12.6. The highest BCUT2D eigenvalue weighted by atomic mass is 16.6. The number of hydrogen-bond acceptors (Lipinski definition) is 3. The van der Waals surface area contributed by atoms with E-state index in [1.54, 1.807) is 0 Å². The summed E-state index contributed by atoms with van der Waals surface area (Å²) in [5, 5.41) is 9.10. The van der Waals surface area contributed by atoms with Gasteiger partial charge in [0.15, 0.2) is 5.92 Å². The fourth-order valence-electron chi connectivity index (χ4n) is 2.42. The smallest absolute Gasteiger partial charge is 0.324 e. The molecular formula is C14H15NO2. The van der Waals surface area contributed by atoms with Crippen LogP contribution in [0, 0.1) is 24.2 Å². The van der Waals surface area contributed by atoms with Gasteiger partial charge < -0.3 is 4.74 Å². The molecule has 1 aromatic rings. The molecule has 88 valence electrons. The highest BCUT2D eigenvalue weighted by molar-refractivity contribution is 5.80. The van der Waals surface area contributed by atoms with Gasteiger partial charge in [-0.05, 0) is 26.3 Å². The number of ether oxygens (including phenoxy) is 1. The summed E-state index contributed by atoms with van der Waals surface area (Å²) in [5.74, 6) is -1.31. The maximum atomic E-state index is 11.6. The second-order valence-electron chi connectivity index (χ2n) is 5.02. The van der Waals surface area contributed by atoms with E-state index in [4.69, 9.17) is 10.00 Å². The van der Waals surface area contributed by atoms with E-state index in [-0.39, 0.29) is 5.92 Å². The molecule has 0 bridgehead atoms. The number of nitriles is 1. The van der Waals surface area contributed by atoms with Crippen molar-refractivity contribution in [2.75, 3.05) is 0 Å². The summed E-state index contributed by atoms with van der Waals surface area (Å²) in [6.45, 7) is 5.71. The highest BCUT2D eigenvalue weighted by Crippen LogP contribution is 2.43. The van der Waals surface area contributed by atoms with Crippen molar-refractivity contribution in [2.24, 2.45) is 5.92 Å². The lowest BCUT2D eigenvalue weighted by Gasteiger charge is -2.25. The Morgan fingerprint density at radius 2 is 1.88 bits per heavy atom. The van der Waals surface area contributed by atoms with Crippen molar-refractivity contribution >= 4 is 5.97 Å². The average molecular weight is 229 g/mol. The Labute approximate surface area is 101 Å². The lowest BCUT2D eigenvalue weighted by atomic mass is 9.78. The van der Waals surface area contributed by atoms with E-state index in [2.05, 4.69) is 6.07 Å². The van der Waals surface area contributed by atoms with Gasteiger partial charge in [-0.25, -0.2) is 0 Å². The molecule has 1 aliphatic heterocycles. The van der Waals surface area contributed by atoms with Crippen molar-refractivity contribution in [3.8, 4) is 6.07 Å². The van der Waals surface area contributed by atoms with Crippen molar-refractivity contribution in [1.82, 2.24) is 0 Å². The molecule has 0 radical (unpaired) electrons. The van der Waals surface area contributed by atoms with Crippen LogP contribution in [0.4, 0.5) is 0 Å². The first-order valence-electron chi connectivity index (χ1n) is 5.65. The number of esters is 1. The van der Waals surface area contributed by atoms with Gasteiger partial charge in [0.1, 0.15) is 5.60 Å². The summed E-state index contributed by atoms with van der Waals surface area (Å²) in [4.78, 5) is 11.6. The highest BCUT2D eigenvalue weighted by Gasteiger charge is 2.50. The number of rotatable bonds is 1. The lowest BCUT2D eigenvalue weighted by Crippen LogP contribution is -2.27. The molecule has 2 atom stereocenters. The quantitative estimate of drug-likeness (QED) is 0.695. The van der Waals surface area contributed by atoms with Gasteiger partial charge in [0, 0.05) is 5.92 Å². The molecule has 0 amide bonds. The van der Waals surface area contributed by atoms with Crippen molar-refractivity contribution in [1.29, 1.82) is 5.26 Å². The molecule has 2 unspecified atom stereocenters. The van der Waals surface area contributed by atoms with Crippen LogP contribution >= 0.6 is 0 Å². The SMILES string of the molecule is Cc1ccc(C2C(C#N)C(=O)OC2(C)C)cc1. The number of benzene rings is 1. The first kappa shape index (κ1) is 11.7. The van der Waals surface area contributed by atoms with Gasteiger partial charge >= 0.3 is 5.97 Å². The van der Waals surface area contributed by atoms with Crippen LogP contribution in [0.1, 0.15) is 30.9 Å². The molecule has 1 aromatic carbocycles. The van der Waals surface area contributed by atoms with Crippen LogP contribution in [0.3, 0.4) is 0 Å². The van der Waals surface area contributed by atoms with Gasteiger partial charge in [-0.3, -0.25) is 4.79 Å². The third-order valence-corrected chi connectivity index (χ3v) is 3.28. The standard InChI is InChI=1S/C14H15NO2/c1-9-4-6-10(7-5-9)12-11(8-15)13(16)17-14(12,2)3/h4-7,11-12H,1-3H3. The fourth-order valence-corrected chi connectivity index (χ4v) is 2.42. The molecule has 1 saturated heterocycles. The van der Waals surface area contributed by atoms with E-state index in [0.29, 0.717) is 0 Å². The monoisotopic (exact) mass is 229 g/mol. The minimum atomic E-state index is -0.701. The van der Waals surface area contributed by atoms with E-state index >= 15 is 0 Å². The molecule has 1 aliphatic rings. The molecule has 3 nitrogen and oxygen atoms in total. The predicted molar refractivity (Wildman–Crippen MR) is 63.2 cm³/mol. The Bertz CT molecular complexity index is 482. The molecule has 2 rings (SSSR count). The van der Waals surface area contributed by atoms with Crippen LogP contribution in [0.5, 0.6) is 0 Å². The van der Waals surface area contributed by atoms with Crippen molar-refractivity contribution in [3.63, 3.8) is 0 Å². The number of aryl methyl sites for hydroxylation is 1. The van der Waals surface area contributed by atoms with Gasteiger partial charge in [-0.1, -0.05) is 29.8 Å². The molecule has 0 aliphatic carbocycles. The van der Waals surface area contributed by atoms with Crippen LogP contribution in [0.25, 0.3) is 0 Å². The molecule has 1 heterocycles. The van der Waals surface area contributed by atoms with Crippen LogP contribution in [0.2, 0.25) is 0 Å². The third kappa shape index (κ3) is 1.91. The fraction of sp³-hybridized carbons (Fsp3) is 0.429. The summed E-state index contributed by atoms with van der Waals surface area (Å²) in [5.41, 5.74) is 1.52. The molecule has 3 heteroatoms. The molecule has 0 spiro atoms. The van der Waals surface area contributed by atoms with Gasteiger partial charge in [0.25, 0.3) is 0 Å². The van der Waals surface area contributed by atoms with Crippen molar-refractivity contribution in [3.05, 3.63) is 35.4 Å². The Balaban J connectivity index is 2.45. The summed E-state index contributed by atoms with van der Waals surface area (Å²) < 4.78 is 5.29. The van der Waals surface area contributed by atoms with Gasteiger partial charge in [0.2, 0.25) is 0 Å². The normalized spacial score (nSPS) is 26.4. The average Bonchev–Trinajstić information content (AvgIpc) is 2.49. The molecule has 0 aromatic heterocycles. The maximum Gasteiger partial charge on any atom is 0.324 e. The van der Waals surface area contributed by atoms with Gasteiger partial charge in [0.05, 0.1) is 6.07 Å². The van der Waals surface area contributed by atoms with Crippen LogP contribution in [-0.4, -0.2) is 11.6 Å². The summed E-state index contributed by atoms with van der Waals surface area (Å²) in [6.07, 6.45) is 0. The maximum absolute atomic E-state index is 11.6. The predicted octanol–water partition coefficient (Wildman–Crippen LogP) is 2.55. The van der Waals surface area contributed by atoms with Gasteiger partial charge in [-0.15, -0.1) is 0 Å². The Hall–Kier alpha value is -1.82. The molecule has 1 fully saturated rings. The molecular weight excluding hydrogens is 214 g/mol. The first-order valence-corrected chi connectivity index (χ1v) is 5.65. The summed E-state index contributed by atoms with van der Waals surface area (Å²) in [6, 6.07) is 9.97. The topological polar surface area (TPSA) is 50.1 Å². The Kier molecular flexibility index (Phi) is 2.66. The van der Waals surface area contributed by atoms with Gasteiger partial charge in [-0.2, -0.15) is 5.26 Å². The molecule has 0 saturated carbocycles. The Morgan fingerprint density at radius 3 is 2.41 bits per heavy atom. The minimum Gasteiger partial charge on any atom is -0.458 e. The lowest BCUT2D eigenvalue weighted by molar-refractivity contribution is -0.147. The van der Waals surface area contributed by atoms with Crippen molar-refractivity contribution in [2.45, 2.75) is 32.3 Å². The van der Waals surface area contributed by atoms with E-state index < -0.39 is 17.5 Å².